The van der Waals surface area contributed by atoms with Gasteiger partial charge in [0.15, 0.2) is 0 Å². The van der Waals surface area contributed by atoms with E-state index in [1.807, 2.05) is 32.2 Å². The van der Waals surface area contributed by atoms with Crippen LogP contribution in [0.5, 0.6) is 0 Å². The van der Waals surface area contributed by atoms with Gasteiger partial charge in [-0.15, -0.1) is 0 Å². The van der Waals surface area contributed by atoms with Crippen LogP contribution in [0.4, 0.5) is 0 Å². The van der Waals surface area contributed by atoms with E-state index in [1.54, 1.807) is 7.11 Å². The number of nitrogens with zero attached hydrogens (tertiary/aromatic N) is 2. The molecule has 1 N–H and O–H groups in total. The summed E-state index contributed by atoms with van der Waals surface area (Å²) in [7, 11) is 1.64. The SMILES string of the molecule is [C-]#[N+]C(C)(C)c1cn(CC(CO)COC)c2cc(Br)ccc12. The van der Waals surface area contributed by atoms with Gasteiger partial charge in [-0.1, -0.05) is 22.0 Å². The number of fused-ring (bicyclic) bond motifs is 1. The minimum absolute atomic E-state index is 0.0310. The summed E-state index contributed by atoms with van der Waals surface area (Å²) in [5.74, 6) is 0.0310. The molecule has 1 aromatic heterocycles. The fraction of sp³-hybridized carbons (Fsp3) is 0.471. The van der Waals surface area contributed by atoms with Gasteiger partial charge in [0.2, 0.25) is 0 Å². The largest absolute Gasteiger partial charge is 0.396 e. The highest BCUT2D eigenvalue weighted by Gasteiger charge is 2.30. The molecule has 118 valence electrons. The van der Waals surface area contributed by atoms with Gasteiger partial charge in [0.25, 0.3) is 5.54 Å². The number of aliphatic hydroxyl groups excluding tert-OH is 1. The molecule has 0 fully saturated rings. The molecule has 0 aliphatic carbocycles. The topological polar surface area (TPSA) is 38.8 Å². The maximum Gasteiger partial charge on any atom is 0.254 e. The molecule has 1 atom stereocenters. The summed E-state index contributed by atoms with van der Waals surface area (Å²) in [6.45, 7) is 12.6. The Kier molecular flexibility index (Phi) is 5.28. The van der Waals surface area contributed by atoms with E-state index in [4.69, 9.17) is 11.3 Å². The first-order valence-corrected chi connectivity index (χ1v) is 7.99. The molecular formula is C17H21BrN2O2. The number of ether oxygens (including phenoxy) is 1. The van der Waals surface area contributed by atoms with Crippen LogP contribution in [-0.2, 0) is 16.8 Å². The highest BCUT2D eigenvalue weighted by Crippen LogP contribution is 2.34. The maximum atomic E-state index is 9.51. The second-order valence-corrected chi connectivity index (χ2v) is 6.95. The summed E-state index contributed by atoms with van der Waals surface area (Å²) in [6.07, 6.45) is 2.04. The minimum atomic E-state index is -0.576. The Morgan fingerprint density at radius 1 is 1.45 bits per heavy atom. The van der Waals surface area contributed by atoms with Crippen molar-refractivity contribution in [3.63, 3.8) is 0 Å². The maximum absolute atomic E-state index is 9.51. The van der Waals surface area contributed by atoms with E-state index in [2.05, 4.69) is 31.4 Å². The first-order valence-electron chi connectivity index (χ1n) is 7.20. The van der Waals surface area contributed by atoms with E-state index in [9.17, 15) is 5.11 Å². The zero-order valence-electron chi connectivity index (χ0n) is 13.1. The summed E-state index contributed by atoms with van der Waals surface area (Å²) in [6, 6.07) is 6.09. The Labute approximate surface area is 139 Å². The Morgan fingerprint density at radius 2 is 2.18 bits per heavy atom. The molecule has 22 heavy (non-hydrogen) atoms. The Morgan fingerprint density at radius 3 is 2.77 bits per heavy atom. The molecule has 4 nitrogen and oxygen atoms in total. The van der Waals surface area contributed by atoms with E-state index in [0.29, 0.717) is 13.2 Å². The Bertz CT molecular complexity index is 700. The molecule has 0 spiro atoms. The molecule has 0 saturated heterocycles. The van der Waals surface area contributed by atoms with Crippen molar-refractivity contribution in [2.45, 2.75) is 25.9 Å². The standard InChI is InChI=1S/C17H21BrN2O2/c1-17(2,19-3)15-9-20(8-12(10-21)11-22-4)16-7-13(18)5-6-14(15)16/h5-7,9,12,21H,8,10-11H2,1-2,4H3. The summed E-state index contributed by atoms with van der Waals surface area (Å²) in [5, 5.41) is 10.6. The molecule has 2 rings (SSSR count). The minimum Gasteiger partial charge on any atom is -0.396 e. The van der Waals surface area contributed by atoms with Gasteiger partial charge in [0.05, 0.1) is 12.2 Å². The van der Waals surface area contributed by atoms with Gasteiger partial charge >= 0.3 is 0 Å². The van der Waals surface area contributed by atoms with Gasteiger partial charge in [0.1, 0.15) is 0 Å². The number of hydrogen-bond donors (Lipinski definition) is 1. The number of rotatable bonds is 6. The molecule has 5 heteroatoms. The summed E-state index contributed by atoms with van der Waals surface area (Å²) < 4.78 is 8.28. The molecular weight excluding hydrogens is 344 g/mol. The predicted molar refractivity (Wildman–Crippen MR) is 91.7 cm³/mol. The zero-order chi connectivity index (χ0) is 16.3. The third-order valence-corrected chi connectivity index (χ3v) is 4.39. The molecule has 1 unspecified atom stereocenters. The van der Waals surface area contributed by atoms with Crippen LogP contribution < -0.4 is 0 Å². The van der Waals surface area contributed by atoms with Gasteiger partial charge in [-0.05, 0) is 12.1 Å². The van der Waals surface area contributed by atoms with Crippen LogP contribution >= 0.6 is 15.9 Å². The molecule has 1 aromatic carbocycles. The number of aromatic nitrogens is 1. The zero-order valence-corrected chi connectivity index (χ0v) is 14.7. The van der Waals surface area contributed by atoms with Gasteiger partial charge in [-0.25, -0.2) is 6.57 Å². The third-order valence-electron chi connectivity index (χ3n) is 3.90. The smallest absolute Gasteiger partial charge is 0.254 e. The van der Waals surface area contributed by atoms with Crippen molar-refractivity contribution in [1.29, 1.82) is 0 Å². The number of benzene rings is 1. The van der Waals surface area contributed by atoms with E-state index >= 15 is 0 Å². The average Bonchev–Trinajstić information content (AvgIpc) is 2.85. The Hall–Kier alpha value is -1.35. The molecule has 1 heterocycles. The van der Waals surface area contributed by atoms with E-state index in [-0.39, 0.29) is 12.5 Å². The lowest BCUT2D eigenvalue weighted by Crippen LogP contribution is -2.19. The first kappa shape index (κ1) is 17.0. The summed E-state index contributed by atoms with van der Waals surface area (Å²) in [4.78, 5) is 3.76. The van der Waals surface area contributed by atoms with Crippen LogP contribution in [0.3, 0.4) is 0 Å². The van der Waals surface area contributed by atoms with Crippen LogP contribution in [0, 0.1) is 12.5 Å². The molecule has 0 amide bonds. The molecule has 0 aliphatic heterocycles. The number of hydrogen-bond acceptors (Lipinski definition) is 2. The Balaban J connectivity index is 2.55. The highest BCUT2D eigenvalue weighted by atomic mass is 79.9. The monoisotopic (exact) mass is 364 g/mol. The van der Waals surface area contributed by atoms with Gasteiger partial charge < -0.3 is 19.3 Å². The number of aliphatic hydroxyl groups is 1. The second-order valence-electron chi connectivity index (χ2n) is 6.03. The van der Waals surface area contributed by atoms with Crippen molar-refractivity contribution in [2.24, 2.45) is 5.92 Å². The molecule has 0 radical (unpaired) electrons. The fourth-order valence-corrected chi connectivity index (χ4v) is 2.99. The molecule has 0 bridgehead atoms. The van der Waals surface area contributed by atoms with Crippen LogP contribution in [0.2, 0.25) is 0 Å². The number of methoxy groups -OCH3 is 1. The fourth-order valence-electron chi connectivity index (χ4n) is 2.64. The van der Waals surface area contributed by atoms with Crippen LogP contribution in [0.25, 0.3) is 15.7 Å². The average molecular weight is 365 g/mol. The third kappa shape index (κ3) is 3.35. The normalized spacial score (nSPS) is 13.3. The molecule has 0 saturated carbocycles. The van der Waals surface area contributed by atoms with Gasteiger partial charge in [0, 0.05) is 61.6 Å². The molecule has 2 aromatic rings. The summed E-state index contributed by atoms with van der Waals surface area (Å²) >= 11 is 3.51. The highest BCUT2D eigenvalue weighted by molar-refractivity contribution is 9.10. The van der Waals surface area contributed by atoms with Gasteiger partial charge in [-0.3, -0.25) is 0 Å². The van der Waals surface area contributed by atoms with Crippen molar-refractivity contribution in [2.75, 3.05) is 20.3 Å². The predicted octanol–water partition coefficient (Wildman–Crippen LogP) is 3.81. The van der Waals surface area contributed by atoms with Crippen molar-refractivity contribution < 1.29 is 9.84 Å². The van der Waals surface area contributed by atoms with Crippen LogP contribution in [-0.4, -0.2) is 30.0 Å². The van der Waals surface area contributed by atoms with Crippen LogP contribution in [0.15, 0.2) is 28.9 Å². The lowest BCUT2D eigenvalue weighted by molar-refractivity contribution is 0.101. The summed E-state index contributed by atoms with van der Waals surface area (Å²) in [5.41, 5.74) is 1.50. The lowest BCUT2D eigenvalue weighted by atomic mass is 9.95. The first-order chi connectivity index (χ1) is 10.4. The van der Waals surface area contributed by atoms with E-state index < -0.39 is 5.54 Å². The van der Waals surface area contributed by atoms with E-state index in [1.165, 1.54) is 0 Å². The van der Waals surface area contributed by atoms with Crippen molar-refractivity contribution >= 4 is 26.8 Å². The lowest BCUT2D eigenvalue weighted by Gasteiger charge is -2.15. The van der Waals surface area contributed by atoms with Crippen molar-refractivity contribution in [3.05, 3.63) is 45.8 Å². The van der Waals surface area contributed by atoms with Crippen LogP contribution in [0.1, 0.15) is 19.4 Å². The van der Waals surface area contributed by atoms with Gasteiger partial charge in [-0.2, -0.15) is 0 Å². The quantitative estimate of drug-likeness (QED) is 0.791. The van der Waals surface area contributed by atoms with E-state index in [0.717, 1.165) is 20.9 Å². The van der Waals surface area contributed by atoms with Crippen molar-refractivity contribution in [3.8, 4) is 0 Å². The second kappa shape index (κ2) is 6.82. The molecule has 0 aliphatic rings. The van der Waals surface area contributed by atoms with Crippen molar-refractivity contribution in [1.82, 2.24) is 4.57 Å². The number of halogens is 1.